The first-order valence-electron chi connectivity index (χ1n) is 11.8. The number of piperidine rings is 1. The minimum atomic E-state index is -0.363. The van der Waals surface area contributed by atoms with E-state index < -0.39 is 0 Å². The number of carbonyl (C=O) groups excluding carboxylic acids is 1. The number of carbonyl (C=O) groups is 1. The lowest BCUT2D eigenvalue weighted by molar-refractivity contribution is -0.156. The number of Topliss-reactive ketones (excluding diaryl/α,β-unsaturated/α-hetero) is 1. The summed E-state index contributed by atoms with van der Waals surface area (Å²) in [6.45, 7) is 1.03. The Labute approximate surface area is 183 Å². The molecule has 5 atom stereocenters. The van der Waals surface area contributed by atoms with Crippen LogP contribution in [0.2, 0.25) is 0 Å². The molecule has 0 radical (unpaired) electrons. The zero-order chi connectivity index (χ0) is 21.0. The van der Waals surface area contributed by atoms with Crippen LogP contribution in [-0.4, -0.2) is 43.5 Å². The van der Waals surface area contributed by atoms with Crippen LogP contribution >= 0.6 is 0 Å². The number of likely N-dealkylation sites (tertiary alicyclic amines) is 1. The quantitative estimate of drug-likeness (QED) is 0.712. The average Bonchev–Trinajstić information content (AvgIpc) is 3.14. The predicted octanol–water partition coefficient (Wildman–Crippen LogP) is 3.72. The van der Waals surface area contributed by atoms with Crippen LogP contribution in [0.15, 0.2) is 36.4 Å². The lowest BCUT2D eigenvalue weighted by Gasteiger charge is -2.61. The molecule has 0 unspecified atom stereocenters. The first-order valence-corrected chi connectivity index (χ1v) is 11.8. The molecule has 4 heteroatoms. The van der Waals surface area contributed by atoms with E-state index in [0.29, 0.717) is 17.7 Å². The highest BCUT2D eigenvalue weighted by Gasteiger charge is 2.70. The van der Waals surface area contributed by atoms with E-state index in [0.717, 1.165) is 56.6 Å². The Hall–Kier alpha value is -2.33. The highest BCUT2D eigenvalue weighted by atomic mass is 16.5. The van der Waals surface area contributed by atoms with Gasteiger partial charge in [0.1, 0.15) is 0 Å². The van der Waals surface area contributed by atoms with Crippen molar-refractivity contribution in [2.75, 3.05) is 20.7 Å². The summed E-state index contributed by atoms with van der Waals surface area (Å²) in [6.07, 6.45) is 5.49. The fourth-order valence-corrected chi connectivity index (χ4v) is 8.03. The maximum absolute atomic E-state index is 14.3. The van der Waals surface area contributed by atoms with Crippen LogP contribution in [0, 0.1) is 11.3 Å². The molecule has 5 aliphatic rings. The second-order valence-corrected chi connectivity index (χ2v) is 10.6. The van der Waals surface area contributed by atoms with Gasteiger partial charge in [-0.1, -0.05) is 30.3 Å². The summed E-state index contributed by atoms with van der Waals surface area (Å²) < 4.78 is 12.4. The van der Waals surface area contributed by atoms with E-state index in [4.69, 9.17) is 9.47 Å². The molecule has 4 nitrogen and oxygen atoms in total. The van der Waals surface area contributed by atoms with Crippen molar-refractivity contribution in [2.45, 2.75) is 56.1 Å². The number of methoxy groups -OCH3 is 1. The maximum Gasteiger partial charge on any atom is 0.180 e. The summed E-state index contributed by atoms with van der Waals surface area (Å²) in [7, 11) is 3.98. The summed E-state index contributed by atoms with van der Waals surface area (Å²) in [5, 5.41) is 0. The fraction of sp³-hybridized carbons (Fsp3) is 0.519. The lowest BCUT2D eigenvalue weighted by Crippen LogP contribution is -2.69. The predicted molar refractivity (Wildman–Crippen MR) is 118 cm³/mol. The Kier molecular flexibility index (Phi) is 3.49. The standard InChI is InChI=1S/C27H29NO3/c1-28-12-11-27-19-15-26(10-9-16-5-3-4-6-18(16)14-26)24(29)25(27)31-23-21(30-2)8-7-17(22(23)27)13-20(19)28/h3-8,19-20,25H,9-15H2,1-2H3/t19-,20+,25-,26+,27-/m0/s1. The van der Waals surface area contributed by atoms with Crippen molar-refractivity contribution in [3.8, 4) is 11.5 Å². The van der Waals surface area contributed by atoms with Gasteiger partial charge in [0.2, 0.25) is 0 Å². The zero-order valence-corrected chi connectivity index (χ0v) is 18.3. The number of fused-ring (bicyclic) bond motifs is 1. The van der Waals surface area contributed by atoms with Crippen molar-refractivity contribution in [3.05, 3.63) is 58.7 Å². The van der Waals surface area contributed by atoms with E-state index in [1.807, 2.05) is 6.07 Å². The highest BCUT2D eigenvalue weighted by Crippen LogP contribution is 2.66. The Morgan fingerprint density at radius 3 is 2.77 bits per heavy atom. The van der Waals surface area contributed by atoms with Gasteiger partial charge in [-0.25, -0.2) is 0 Å². The molecule has 2 fully saturated rings. The van der Waals surface area contributed by atoms with Crippen LogP contribution in [-0.2, 0) is 29.5 Å². The van der Waals surface area contributed by atoms with Gasteiger partial charge >= 0.3 is 0 Å². The molecule has 2 aromatic rings. The number of likely N-dealkylation sites (N-methyl/N-ethyl adjacent to an activating group) is 1. The molecule has 0 N–H and O–H groups in total. The van der Waals surface area contributed by atoms with Crippen LogP contribution in [0.25, 0.3) is 0 Å². The number of nitrogens with zero attached hydrogens (tertiary/aromatic N) is 1. The molecule has 0 amide bonds. The lowest BCUT2D eigenvalue weighted by atomic mass is 9.45. The van der Waals surface area contributed by atoms with Crippen molar-refractivity contribution in [3.63, 3.8) is 0 Å². The van der Waals surface area contributed by atoms with Gasteiger partial charge in [0.05, 0.1) is 7.11 Å². The van der Waals surface area contributed by atoms with Crippen molar-refractivity contribution in [1.82, 2.24) is 4.90 Å². The van der Waals surface area contributed by atoms with Gasteiger partial charge in [0, 0.05) is 22.4 Å². The summed E-state index contributed by atoms with van der Waals surface area (Å²) >= 11 is 0. The molecule has 3 aliphatic carbocycles. The molecule has 2 bridgehead atoms. The Bertz CT molecular complexity index is 1130. The second kappa shape index (κ2) is 5.92. The molecule has 2 spiro atoms. The minimum absolute atomic E-state index is 0.173. The Balaban J connectivity index is 1.42. The molecular formula is C27H29NO3. The minimum Gasteiger partial charge on any atom is -0.493 e. The van der Waals surface area contributed by atoms with Crippen LogP contribution in [0.5, 0.6) is 11.5 Å². The first kappa shape index (κ1) is 18.3. The third-order valence-electron chi connectivity index (χ3n) is 9.49. The molecule has 31 heavy (non-hydrogen) atoms. The smallest absolute Gasteiger partial charge is 0.180 e. The van der Waals surface area contributed by atoms with Crippen molar-refractivity contribution in [2.24, 2.45) is 11.3 Å². The molecule has 160 valence electrons. The first-order chi connectivity index (χ1) is 15.1. The highest BCUT2D eigenvalue weighted by molar-refractivity contribution is 5.94. The maximum atomic E-state index is 14.3. The number of hydrogen-bond donors (Lipinski definition) is 0. The molecule has 2 aliphatic heterocycles. The number of ketones is 1. The normalized spacial score (nSPS) is 37.2. The van der Waals surface area contributed by atoms with Crippen LogP contribution < -0.4 is 9.47 Å². The van der Waals surface area contributed by atoms with E-state index in [1.54, 1.807) is 7.11 Å². The van der Waals surface area contributed by atoms with Gasteiger partial charge in [-0.2, -0.15) is 0 Å². The van der Waals surface area contributed by atoms with Crippen LogP contribution in [0.4, 0.5) is 0 Å². The number of hydrogen-bond acceptors (Lipinski definition) is 4. The van der Waals surface area contributed by atoms with Crippen molar-refractivity contribution >= 4 is 5.78 Å². The number of rotatable bonds is 1. The summed E-state index contributed by atoms with van der Waals surface area (Å²) in [6, 6.07) is 13.4. The van der Waals surface area contributed by atoms with E-state index in [9.17, 15) is 4.79 Å². The molecule has 7 rings (SSSR count). The Morgan fingerprint density at radius 2 is 1.94 bits per heavy atom. The summed E-state index contributed by atoms with van der Waals surface area (Å²) in [4.78, 5) is 16.9. The van der Waals surface area contributed by atoms with Gasteiger partial charge < -0.3 is 14.4 Å². The van der Waals surface area contributed by atoms with Crippen molar-refractivity contribution in [1.29, 1.82) is 0 Å². The van der Waals surface area contributed by atoms with Gasteiger partial charge in [-0.05, 0) is 80.8 Å². The molecule has 2 aromatic carbocycles. The van der Waals surface area contributed by atoms with E-state index >= 15 is 0 Å². The third kappa shape index (κ3) is 2.08. The van der Waals surface area contributed by atoms with Gasteiger partial charge in [-0.3, -0.25) is 4.79 Å². The van der Waals surface area contributed by atoms with Crippen molar-refractivity contribution < 1.29 is 14.3 Å². The Morgan fingerprint density at radius 1 is 1.10 bits per heavy atom. The molecule has 0 aromatic heterocycles. The third-order valence-corrected chi connectivity index (χ3v) is 9.49. The van der Waals surface area contributed by atoms with Gasteiger partial charge in [0.15, 0.2) is 23.4 Å². The monoisotopic (exact) mass is 415 g/mol. The number of ether oxygens (including phenoxy) is 2. The fourth-order valence-electron chi connectivity index (χ4n) is 8.03. The topological polar surface area (TPSA) is 38.8 Å². The largest absolute Gasteiger partial charge is 0.493 e. The molecule has 1 saturated heterocycles. The number of benzene rings is 2. The average molecular weight is 416 g/mol. The molecular weight excluding hydrogens is 386 g/mol. The second-order valence-electron chi connectivity index (χ2n) is 10.6. The van der Waals surface area contributed by atoms with Crippen LogP contribution in [0.1, 0.15) is 41.5 Å². The van der Waals surface area contributed by atoms with Gasteiger partial charge in [-0.15, -0.1) is 0 Å². The SMILES string of the molecule is COc1ccc2c3c1O[C@H]1C(=O)[C@@]4(CCc5ccccc5C4)C[C@H]4[C@@H](C2)N(C)CC[C@]314. The number of aryl methyl sites for hydroxylation is 1. The summed E-state index contributed by atoms with van der Waals surface area (Å²) in [5.41, 5.74) is 4.99. The summed E-state index contributed by atoms with van der Waals surface area (Å²) in [5.74, 6) is 2.46. The van der Waals surface area contributed by atoms with E-state index in [2.05, 4.69) is 42.3 Å². The zero-order valence-electron chi connectivity index (χ0n) is 18.3. The van der Waals surface area contributed by atoms with E-state index in [1.165, 1.54) is 22.3 Å². The van der Waals surface area contributed by atoms with E-state index in [-0.39, 0.29) is 16.9 Å². The molecule has 2 heterocycles. The molecule has 1 saturated carbocycles. The van der Waals surface area contributed by atoms with Gasteiger partial charge in [0.25, 0.3) is 0 Å². The van der Waals surface area contributed by atoms with Crippen LogP contribution in [0.3, 0.4) is 0 Å².